The molecule has 0 fully saturated rings. The first kappa shape index (κ1) is 20.7. The summed E-state index contributed by atoms with van der Waals surface area (Å²) in [6.45, 7) is 0. The Bertz CT molecular complexity index is 1230. The standard InChI is InChI=1S/C23H17BrFN3O3/c1-30-17-4-2-3-14(11-17)12-20(29)27-23-21(15-7-9-26-10-8-15)22(28-31-23)16-5-6-19(25)18(24)13-16/h2-11,13H,12H2,1H3,(H,27,29). The lowest BCUT2D eigenvalue weighted by Crippen LogP contribution is -2.14. The summed E-state index contributed by atoms with van der Waals surface area (Å²) in [6.07, 6.45) is 3.40. The number of halogens is 2. The minimum absolute atomic E-state index is 0.130. The molecule has 4 aromatic rings. The molecule has 0 saturated heterocycles. The van der Waals surface area contributed by atoms with E-state index < -0.39 is 0 Å². The molecule has 6 nitrogen and oxygen atoms in total. The fourth-order valence-corrected chi connectivity index (χ4v) is 3.52. The summed E-state index contributed by atoms with van der Waals surface area (Å²) in [5.74, 6) is 0.220. The van der Waals surface area contributed by atoms with E-state index in [2.05, 4.69) is 31.4 Å². The number of ether oxygens (including phenoxy) is 1. The summed E-state index contributed by atoms with van der Waals surface area (Å²) >= 11 is 3.20. The van der Waals surface area contributed by atoms with Gasteiger partial charge < -0.3 is 9.26 Å². The van der Waals surface area contributed by atoms with Gasteiger partial charge in [-0.2, -0.15) is 0 Å². The molecule has 0 bridgehead atoms. The number of benzene rings is 2. The van der Waals surface area contributed by atoms with Crippen LogP contribution >= 0.6 is 15.9 Å². The van der Waals surface area contributed by atoms with Crippen LogP contribution in [0.15, 0.2) is 76.0 Å². The summed E-state index contributed by atoms with van der Waals surface area (Å²) < 4.78 is 24.7. The summed E-state index contributed by atoms with van der Waals surface area (Å²) in [6, 6.07) is 15.4. The Balaban J connectivity index is 1.68. The highest BCUT2D eigenvalue weighted by molar-refractivity contribution is 9.10. The van der Waals surface area contributed by atoms with Gasteiger partial charge in [-0.3, -0.25) is 15.1 Å². The number of hydrogen-bond acceptors (Lipinski definition) is 5. The zero-order chi connectivity index (χ0) is 21.8. The minimum atomic E-state index is -0.385. The molecule has 8 heteroatoms. The van der Waals surface area contributed by atoms with Gasteiger partial charge in [0.1, 0.15) is 17.3 Å². The molecule has 2 heterocycles. The number of nitrogens with one attached hydrogen (secondary N) is 1. The Labute approximate surface area is 186 Å². The van der Waals surface area contributed by atoms with E-state index >= 15 is 0 Å². The van der Waals surface area contributed by atoms with Gasteiger partial charge in [-0.05, 0) is 69.5 Å². The lowest BCUT2D eigenvalue weighted by molar-refractivity contribution is -0.115. The van der Waals surface area contributed by atoms with Crippen molar-refractivity contribution in [3.63, 3.8) is 0 Å². The van der Waals surface area contributed by atoms with E-state index in [1.807, 2.05) is 18.2 Å². The molecule has 0 atom stereocenters. The van der Waals surface area contributed by atoms with Crippen molar-refractivity contribution in [2.75, 3.05) is 12.4 Å². The molecule has 0 spiro atoms. The van der Waals surface area contributed by atoms with Gasteiger partial charge in [0.25, 0.3) is 0 Å². The van der Waals surface area contributed by atoms with Crippen LogP contribution in [0, 0.1) is 5.82 Å². The van der Waals surface area contributed by atoms with Gasteiger partial charge in [0, 0.05) is 18.0 Å². The molecule has 0 aliphatic carbocycles. The SMILES string of the molecule is COc1cccc(CC(=O)Nc2onc(-c3ccc(F)c(Br)c3)c2-c2ccncc2)c1. The van der Waals surface area contributed by atoms with Crippen LogP contribution in [0.4, 0.5) is 10.3 Å². The maximum absolute atomic E-state index is 13.7. The Morgan fingerprint density at radius 3 is 2.68 bits per heavy atom. The second-order valence-corrected chi connectivity index (χ2v) is 7.53. The third-order valence-corrected chi connectivity index (χ3v) is 5.21. The van der Waals surface area contributed by atoms with Crippen molar-refractivity contribution in [3.05, 3.63) is 82.8 Å². The number of methoxy groups -OCH3 is 1. The first-order valence-corrected chi connectivity index (χ1v) is 10.1. The molecule has 0 radical (unpaired) electrons. The maximum atomic E-state index is 13.7. The van der Waals surface area contributed by atoms with Gasteiger partial charge in [0.2, 0.25) is 11.8 Å². The van der Waals surface area contributed by atoms with E-state index in [1.165, 1.54) is 6.07 Å². The maximum Gasteiger partial charge on any atom is 0.239 e. The molecular formula is C23H17BrFN3O3. The molecule has 2 aromatic carbocycles. The van der Waals surface area contributed by atoms with Crippen LogP contribution in [0.2, 0.25) is 0 Å². The molecular weight excluding hydrogens is 465 g/mol. The third kappa shape index (κ3) is 4.64. The number of aromatic nitrogens is 2. The highest BCUT2D eigenvalue weighted by Crippen LogP contribution is 2.38. The minimum Gasteiger partial charge on any atom is -0.497 e. The van der Waals surface area contributed by atoms with Crippen molar-refractivity contribution < 1.29 is 18.4 Å². The quantitative estimate of drug-likeness (QED) is 0.393. The molecule has 0 saturated carbocycles. The number of carbonyl (C=O) groups is 1. The van der Waals surface area contributed by atoms with E-state index in [9.17, 15) is 9.18 Å². The first-order valence-electron chi connectivity index (χ1n) is 9.33. The van der Waals surface area contributed by atoms with Crippen molar-refractivity contribution in [1.29, 1.82) is 0 Å². The largest absolute Gasteiger partial charge is 0.497 e. The second-order valence-electron chi connectivity index (χ2n) is 6.68. The molecule has 31 heavy (non-hydrogen) atoms. The Kier molecular flexibility index (Phi) is 6.08. The number of pyridine rings is 1. The van der Waals surface area contributed by atoms with Gasteiger partial charge in [-0.1, -0.05) is 17.3 Å². The summed E-state index contributed by atoms with van der Waals surface area (Å²) in [7, 11) is 1.57. The summed E-state index contributed by atoms with van der Waals surface area (Å²) in [5, 5.41) is 6.94. The van der Waals surface area contributed by atoms with E-state index in [0.29, 0.717) is 27.0 Å². The molecule has 4 rings (SSSR count). The second kappa shape index (κ2) is 9.09. The van der Waals surface area contributed by atoms with Crippen molar-refractivity contribution in [3.8, 4) is 28.1 Å². The van der Waals surface area contributed by atoms with Crippen LogP contribution in [0.1, 0.15) is 5.56 Å². The fourth-order valence-electron chi connectivity index (χ4n) is 3.14. The van der Waals surface area contributed by atoms with Crippen LogP contribution in [-0.2, 0) is 11.2 Å². The number of nitrogens with zero attached hydrogens (tertiary/aromatic N) is 2. The molecule has 1 N–H and O–H groups in total. The Morgan fingerprint density at radius 2 is 1.94 bits per heavy atom. The van der Waals surface area contributed by atoms with Crippen LogP contribution in [-0.4, -0.2) is 23.2 Å². The zero-order valence-electron chi connectivity index (χ0n) is 16.4. The Morgan fingerprint density at radius 1 is 1.13 bits per heavy atom. The van der Waals surface area contributed by atoms with Gasteiger partial charge in [-0.25, -0.2) is 4.39 Å². The third-order valence-electron chi connectivity index (χ3n) is 4.61. The number of anilines is 1. The summed E-state index contributed by atoms with van der Waals surface area (Å²) in [5.41, 5.74) is 3.24. The monoisotopic (exact) mass is 481 g/mol. The van der Waals surface area contributed by atoms with E-state index in [-0.39, 0.29) is 24.0 Å². The molecule has 0 unspecified atom stereocenters. The first-order chi connectivity index (χ1) is 15.0. The van der Waals surface area contributed by atoms with E-state index in [1.54, 1.807) is 49.8 Å². The average Bonchev–Trinajstić information content (AvgIpc) is 3.19. The lowest BCUT2D eigenvalue weighted by atomic mass is 10.0. The molecule has 156 valence electrons. The van der Waals surface area contributed by atoms with Crippen molar-refractivity contribution in [2.45, 2.75) is 6.42 Å². The van der Waals surface area contributed by atoms with Crippen molar-refractivity contribution in [2.24, 2.45) is 0 Å². The molecule has 0 aliphatic heterocycles. The van der Waals surface area contributed by atoms with Gasteiger partial charge in [0.05, 0.1) is 23.6 Å². The zero-order valence-corrected chi connectivity index (χ0v) is 18.0. The van der Waals surface area contributed by atoms with Crippen LogP contribution in [0.5, 0.6) is 5.75 Å². The van der Waals surface area contributed by atoms with Gasteiger partial charge >= 0.3 is 0 Å². The number of hydrogen-bond donors (Lipinski definition) is 1. The summed E-state index contributed by atoms with van der Waals surface area (Å²) in [4.78, 5) is 16.7. The van der Waals surface area contributed by atoms with Crippen LogP contribution in [0.25, 0.3) is 22.4 Å². The number of rotatable bonds is 6. The van der Waals surface area contributed by atoms with E-state index in [4.69, 9.17) is 9.26 Å². The average molecular weight is 482 g/mol. The lowest BCUT2D eigenvalue weighted by Gasteiger charge is -2.07. The van der Waals surface area contributed by atoms with Gasteiger partial charge in [-0.15, -0.1) is 0 Å². The Hall–Kier alpha value is -3.52. The van der Waals surface area contributed by atoms with Crippen molar-refractivity contribution >= 4 is 27.7 Å². The normalized spacial score (nSPS) is 10.7. The molecule has 1 amide bonds. The van der Waals surface area contributed by atoms with Crippen LogP contribution < -0.4 is 10.1 Å². The highest BCUT2D eigenvalue weighted by atomic mass is 79.9. The molecule has 0 aliphatic rings. The van der Waals surface area contributed by atoms with Crippen LogP contribution in [0.3, 0.4) is 0 Å². The number of amides is 1. The predicted octanol–water partition coefficient (Wildman–Crippen LogP) is 5.50. The topological polar surface area (TPSA) is 77.2 Å². The highest BCUT2D eigenvalue weighted by Gasteiger charge is 2.22. The molecule has 2 aromatic heterocycles. The van der Waals surface area contributed by atoms with E-state index in [0.717, 1.165) is 11.1 Å². The predicted molar refractivity (Wildman–Crippen MR) is 118 cm³/mol. The fraction of sp³-hybridized carbons (Fsp3) is 0.0870. The number of carbonyl (C=O) groups excluding carboxylic acids is 1. The van der Waals surface area contributed by atoms with Gasteiger partial charge in [0.15, 0.2) is 0 Å². The smallest absolute Gasteiger partial charge is 0.239 e. The van der Waals surface area contributed by atoms with Crippen molar-refractivity contribution in [1.82, 2.24) is 10.1 Å².